The van der Waals surface area contributed by atoms with Gasteiger partial charge in [-0.15, -0.1) is 11.3 Å². The van der Waals surface area contributed by atoms with Crippen LogP contribution >= 0.6 is 22.7 Å². The van der Waals surface area contributed by atoms with Gasteiger partial charge in [-0.3, -0.25) is 9.36 Å². The molecule has 19 nitrogen and oxygen atoms in total. The Morgan fingerprint density at radius 2 is 1.38 bits per heavy atom. The first-order valence-corrected chi connectivity index (χ1v) is 31.5. The Labute approximate surface area is 462 Å². The van der Waals surface area contributed by atoms with Gasteiger partial charge in [-0.05, 0) is 116 Å². The van der Waals surface area contributed by atoms with Crippen molar-refractivity contribution in [3.63, 3.8) is 0 Å². The van der Waals surface area contributed by atoms with Gasteiger partial charge in [0.15, 0.2) is 31.9 Å². The molecule has 10 rings (SSSR count). The Morgan fingerprint density at radius 1 is 0.782 bits per heavy atom. The number of amides is 2. The van der Waals surface area contributed by atoms with Crippen molar-refractivity contribution in [1.82, 2.24) is 35.2 Å². The van der Waals surface area contributed by atoms with E-state index in [1.54, 1.807) is 61.4 Å². The summed E-state index contributed by atoms with van der Waals surface area (Å²) in [5, 5.41) is 21.6. The molecule has 4 aromatic heterocycles. The number of benzene rings is 2. The van der Waals surface area contributed by atoms with Crippen molar-refractivity contribution in [2.75, 3.05) is 30.5 Å². The second-order valence-electron chi connectivity index (χ2n) is 21.4. The molecule has 78 heavy (non-hydrogen) atoms. The number of hydrogen-bond donors (Lipinski definition) is 4. The SMILES string of the molecule is Cc1cc(Nc2ccc(-c3cnc([C@H]4CC[C@H](NC(=O)OC(C)C)CC4)s3)c(S(=O)(=O)C3CC3[n+]3cc(-c4ccc(Nc5cnn(CCF)c5)cc4S(=O)(=O)C4COC4)sc3[C@H]3CC[C@H](NC(=O)OC(C)C)CC3)c2)n(C)n1. The molecule has 1 aliphatic heterocycles. The van der Waals surface area contributed by atoms with Gasteiger partial charge in [0.2, 0.25) is 5.01 Å². The van der Waals surface area contributed by atoms with Crippen LogP contribution < -0.4 is 25.8 Å². The standard InChI is InChI=1S/C54H67FN10O9S4/c1-31(2)73-53(66)60-36-11-7-34(8-12-36)51-56-26-45(75-51)42-17-16-39(59-50-21-33(5)62-63(50)6)23-48(42)78(70,71)49-24-44(49)65-28-46(76-52(65)35-9-13-37(14-10-35)61-54(67)74-32(3)4)43-18-15-38(58-40-25-57-64(27-40)20-19-55)22-47(43)77(68,69)41-29-72-30-41/h15-18,21-23,25-28,31-32,34-37,41,44,49,58H,7-14,19-20,24,29-30H2,1-6H3,(H2-,59,60,61,62,66,67)/p+1/t34-,35-,36-,37-,44?,49?. The van der Waals surface area contributed by atoms with Gasteiger partial charge < -0.3 is 35.5 Å². The van der Waals surface area contributed by atoms with Gasteiger partial charge in [-0.25, -0.2) is 35.8 Å². The van der Waals surface area contributed by atoms with E-state index in [0.717, 1.165) is 46.3 Å². The molecule has 0 radical (unpaired) electrons. The molecular weight excluding hydrogens is 1080 g/mol. The zero-order chi connectivity index (χ0) is 55.0. The van der Waals surface area contributed by atoms with E-state index in [-0.39, 0.29) is 65.7 Å². The lowest BCUT2D eigenvalue weighted by Gasteiger charge is -2.28. The summed E-state index contributed by atoms with van der Waals surface area (Å²) in [5.41, 5.74) is 3.49. The molecule has 24 heteroatoms. The zero-order valence-electron chi connectivity index (χ0n) is 44.6. The molecule has 418 valence electrons. The topological polar surface area (TPSA) is 231 Å². The van der Waals surface area contributed by atoms with E-state index in [4.69, 9.17) is 19.2 Å². The van der Waals surface area contributed by atoms with E-state index in [2.05, 4.69) is 36.0 Å². The van der Waals surface area contributed by atoms with Gasteiger partial charge in [0.05, 0.1) is 75.1 Å². The molecule has 4 N–H and O–H groups in total. The van der Waals surface area contributed by atoms with Crippen LogP contribution in [0.5, 0.6) is 0 Å². The van der Waals surface area contributed by atoms with Crippen LogP contribution in [0.3, 0.4) is 0 Å². The maximum absolute atomic E-state index is 15.6. The van der Waals surface area contributed by atoms with Crippen molar-refractivity contribution < 1.29 is 49.6 Å². The number of alkyl carbamates (subject to hydrolysis) is 2. The predicted octanol–water partition coefficient (Wildman–Crippen LogP) is 9.80. The van der Waals surface area contributed by atoms with Gasteiger partial charge in [-0.1, -0.05) is 17.4 Å². The first-order chi connectivity index (χ1) is 37.3. The van der Waals surface area contributed by atoms with Crippen molar-refractivity contribution in [2.45, 2.75) is 161 Å². The smallest absolute Gasteiger partial charge is 0.407 e. The maximum atomic E-state index is 15.6. The average Bonchev–Trinajstić information content (AvgIpc) is 3.87. The third-order valence-corrected chi connectivity index (χ3v) is 21.7. The summed E-state index contributed by atoms with van der Waals surface area (Å²) in [6.07, 6.45) is 11.8. The number of nitrogens with one attached hydrogen (secondary N) is 4. The summed E-state index contributed by atoms with van der Waals surface area (Å²) in [4.78, 5) is 31.6. The molecule has 2 atom stereocenters. The van der Waals surface area contributed by atoms with Crippen LogP contribution in [0, 0.1) is 6.92 Å². The number of rotatable bonds is 19. The van der Waals surface area contributed by atoms with Crippen molar-refractivity contribution in [2.24, 2.45) is 7.05 Å². The number of ether oxygens (including phenoxy) is 3. The number of nitrogens with zero attached hydrogens (tertiary/aromatic N) is 6. The molecule has 2 unspecified atom stereocenters. The number of alkyl halides is 1. The molecule has 1 saturated heterocycles. The summed E-state index contributed by atoms with van der Waals surface area (Å²) >= 11 is 2.97. The summed E-state index contributed by atoms with van der Waals surface area (Å²) in [6.45, 7) is 8.76. The molecular formula is C54H68FN10O9S4+. The largest absolute Gasteiger partial charge is 0.447 e. The minimum absolute atomic E-state index is 0.00162. The fourth-order valence-electron chi connectivity index (χ4n) is 10.7. The van der Waals surface area contributed by atoms with Crippen LogP contribution in [0.25, 0.3) is 20.9 Å². The molecule has 3 saturated carbocycles. The summed E-state index contributed by atoms with van der Waals surface area (Å²) < 4.78 is 94.7. The van der Waals surface area contributed by atoms with Crippen LogP contribution in [0.4, 0.5) is 36.9 Å². The van der Waals surface area contributed by atoms with Crippen LogP contribution in [0.2, 0.25) is 0 Å². The van der Waals surface area contributed by atoms with Gasteiger partial charge in [-0.2, -0.15) is 14.8 Å². The highest BCUT2D eigenvalue weighted by molar-refractivity contribution is 7.92. The maximum Gasteiger partial charge on any atom is 0.407 e. The molecule has 4 fully saturated rings. The van der Waals surface area contributed by atoms with Crippen molar-refractivity contribution in [3.8, 4) is 20.9 Å². The molecule has 4 aliphatic rings. The van der Waals surface area contributed by atoms with Crippen LogP contribution in [-0.4, -0.2) is 108 Å². The number of thiazole rings is 2. The van der Waals surface area contributed by atoms with Crippen LogP contribution in [0.1, 0.15) is 119 Å². The zero-order valence-corrected chi connectivity index (χ0v) is 47.9. The van der Waals surface area contributed by atoms with Gasteiger partial charge >= 0.3 is 12.2 Å². The van der Waals surface area contributed by atoms with Gasteiger partial charge in [0, 0.05) is 72.4 Å². The van der Waals surface area contributed by atoms with Crippen molar-refractivity contribution in [1.29, 1.82) is 0 Å². The van der Waals surface area contributed by atoms with Gasteiger partial charge in [0.1, 0.15) is 27.9 Å². The summed E-state index contributed by atoms with van der Waals surface area (Å²) in [5.74, 6) is 0.827. The van der Waals surface area contributed by atoms with Crippen LogP contribution in [-0.2, 0) is 47.5 Å². The second kappa shape index (κ2) is 23.0. The van der Waals surface area contributed by atoms with E-state index in [1.165, 1.54) is 27.4 Å². The number of carbonyl (C=O) groups is 2. The number of anilines is 4. The lowest BCUT2D eigenvalue weighted by Crippen LogP contribution is -2.41. The molecule has 2 aromatic carbocycles. The number of hydrogen-bond acceptors (Lipinski definition) is 16. The quantitative estimate of drug-likeness (QED) is 0.0554. The second-order valence-corrected chi connectivity index (χ2v) is 27.9. The van der Waals surface area contributed by atoms with Gasteiger partial charge in [0.25, 0.3) is 0 Å². The summed E-state index contributed by atoms with van der Waals surface area (Å²) in [6, 6.07) is 12.0. The third-order valence-electron chi connectivity index (χ3n) is 14.9. The highest BCUT2D eigenvalue weighted by Crippen LogP contribution is 2.49. The minimum Gasteiger partial charge on any atom is -0.447 e. The third kappa shape index (κ3) is 12.3. The summed E-state index contributed by atoms with van der Waals surface area (Å²) in [7, 11) is -6.18. The first kappa shape index (κ1) is 55.4. The van der Waals surface area contributed by atoms with Crippen molar-refractivity contribution >= 4 is 77.4 Å². The Hall–Kier alpha value is -5.95. The fourth-order valence-corrected chi connectivity index (χ4v) is 17.2. The Kier molecular flexibility index (Phi) is 16.3. The Morgan fingerprint density at radius 3 is 1.96 bits per heavy atom. The van der Waals surface area contributed by atoms with E-state index >= 15 is 8.42 Å². The van der Waals surface area contributed by atoms with Crippen molar-refractivity contribution in [3.05, 3.63) is 83.0 Å². The lowest BCUT2D eigenvalue weighted by molar-refractivity contribution is -0.703. The Bertz CT molecular complexity index is 3370. The number of carbonyl (C=O) groups excluding carboxylic acids is 2. The van der Waals surface area contributed by atoms with Crippen LogP contribution in [0.15, 0.2) is 77.0 Å². The minimum atomic E-state index is -4.07. The number of sulfone groups is 2. The van der Waals surface area contributed by atoms with E-state index in [1.807, 2.05) is 52.2 Å². The molecule has 6 aromatic rings. The fraction of sp³-hybridized carbons (Fsp3) is 0.519. The Balaban J connectivity index is 0.987. The highest BCUT2D eigenvalue weighted by Gasteiger charge is 2.58. The number of aryl methyl sites for hydroxylation is 3. The molecule has 0 spiro atoms. The van der Waals surface area contributed by atoms with E-state index in [0.29, 0.717) is 71.0 Å². The average molecular weight is 1150 g/mol. The highest BCUT2D eigenvalue weighted by atomic mass is 32.2. The molecule has 3 aliphatic carbocycles. The number of aromatic nitrogens is 6. The predicted molar refractivity (Wildman–Crippen MR) is 296 cm³/mol. The molecule has 0 bridgehead atoms. The molecule has 5 heterocycles. The lowest BCUT2D eigenvalue weighted by atomic mass is 9.86. The normalized spacial score (nSPS) is 21.8. The number of halogens is 1. The first-order valence-electron chi connectivity index (χ1n) is 26.7. The monoisotopic (exact) mass is 1150 g/mol. The van der Waals surface area contributed by atoms with E-state index in [9.17, 15) is 22.4 Å². The molecule has 2 amide bonds. The van der Waals surface area contributed by atoms with E-state index < -0.39 is 55.1 Å².